The van der Waals surface area contributed by atoms with Gasteiger partial charge in [0.05, 0.1) is 17.8 Å². The number of nitrogens with one attached hydrogen (secondary N) is 1. The molecule has 3 aromatic carbocycles. The lowest BCUT2D eigenvalue weighted by atomic mass is 10.2. The number of hydrogen-bond donors (Lipinski definition) is 1. The Morgan fingerprint density at radius 2 is 1.79 bits per heavy atom. The van der Waals surface area contributed by atoms with Gasteiger partial charge in [-0.2, -0.15) is 0 Å². The van der Waals surface area contributed by atoms with Crippen molar-refractivity contribution in [2.75, 3.05) is 7.11 Å². The molecule has 0 saturated heterocycles. The normalized spacial score (nSPS) is 11.5. The van der Waals surface area contributed by atoms with Crippen LogP contribution in [0.1, 0.15) is 11.1 Å². The summed E-state index contributed by atoms with van der Waals surface area (Å²) < 4.78 is 46.8. The number of halogens is 1. The molecule has 4 aromatic rings. The Balaban J connectivity index is 1.57. The predicted molar refractivity (Wildman–Crippen MR) is 124 cm³/mol. The number of ether oxygens (including phenoxy) is 1. The summed E-state index contributed by atoms with van der Waals surface area (Å²) in [7, 11) is -2.20. The van der Waals surface area contributed by atoms with E-state index in [0.29, 0.717) is 22.2 Å². The lowest BCUT2D eigenvalue weighted by Gasteiger charge is -2.10. The first-order valence-electron chi connectivity index (χ1n) is 10.3. The Bertz CT molecular complexity index is 1410. The van der Waals surface area contributed by atoms with Gasteiger partial charge in [-0.05, 0) is 29.8 Å². The molecule has 6 nitrogen and oxygen atoms in total. The number of carbonyl (C=O) groups is 1. The fraction of sp³-hybridized carbons (Fsp3) is 0.160. The molecule has 0 fully saturated rings. The molecular formula is C25H23FN2O4S. The molecule has 0 aliphatic heterocycles. The number of fused-ring (bicyclic) bond motifs is 1. The van der Waals surface area contributed by atoms with Crippen molar-refractivity contribution >= 4 is 26.6 Å². The number of amides is 1. The second-order valence-electron chi connectivity index (χ2n) is 7.62. The summed E-state index contributed by atoms with van der Waals surface area (Å²) in [6.07, 6.45) is 1.47. The minimum Gasteiger partial charge on any atom is -0.496 e. The number of benzene rings is 3. The first-order chi connectivity index (χ1) is 15.9. The number of sulfone groups is 1. The summed E-state index contributed by atoms with van der Waals surface area (Å²) in [6, 6.07) is 19.9. The number of nitrogens with zero attached hydrogens (tertiary/aromatic N) is 1. The third-order valence-electron chi connectivity index (χ3n) is 5.32. The fourth-order valence-electron chi connectivity index (χ4n) is 3.77. The summed E-state index contributed by atoms with van der Waals surface area (Å²) in [5.74, 6) is -0.416. The van der Waals surface area contributed by atoms with Crippen LogP contribution in [0.4, 0.5) is 4.39 Å². The van der Waals surface area contributed by atoms with Gasteiger partial charge in [-0.1, -0.05) is 48.5 Å². The Labute approximate surface area is 191 Å². The van der Waals surface area contributed by atoms with Gasteiger partial charge in [-0.3, -0.25) is 4.79 Å². The van der Waals surface area contributed by atoms with Crippen molar-refractivity contribution in [3.8, 4) is 5.75 Å². The fourth-order valence-corrected chi connectivity index (χ4v) is 5.34. The van der Waals surface area contributed by atoms with E-state index < -0.39 is 15.7 Å². The highest BCUT2D eigenvalue weighted by atomic mass is 32.2. The molecular weight excluding hydrogens is 443 g/mol. The van der Waals surface area contributed by atoms with Crippen LogP contribution >= 0.6 is 0 Å². The zero-order valence-electron chi connectivity index (χ0n) is 18.0. The van der Waals surface area contributed by atoms with Gasteiger partial charge in [0.2, 0.25) is 5.91 Å². The highest BCUT2D eigenvalue weighted by molar-refractivity contribution is 7.90. The number of methoxy groups -OCH3 is 1. The van der Waals surface area contributed by atoms with Crippen LogP contribution in [0.25, 0.3) is 10.9 Å². The third kappa shape index (κ3) is 5.06. The standard InChI is InChI=1S/C25H23FN2O4S/c1-32-23-12-5-2-8-19(23)14-27-25(29)16-28-15-24(21-10-3-4-11-22(21)28)33(30,31)17-18-7-6-9-20(26)13-18/h2-13,15H,14,16-17H2,1H3,(H,27,29). The minimum absolute atomic E-state index is 0.0504. The first kappa shape index (κ1) is 22.5. The molecule has 0 bridgehead atoms. The average Bonchev–Trinajstić information content (AvgIpc) is 3.17. The molecule has 0 radical (unpaired) electrons. The van der Waals surface area contributed by atoms with Gasteiger partial charge in [0.25, 0.3) is 0 Å². The monoisotopic (exact) mass is 466 g/mol. The van der Waals surface area contributed by atoms with Crippen molar-refractivity contribution < 1.29 is 22.3 Å². The number of aromatic nitrogens is 1. The van der Waals surface area contributed by atoms with E-state index in [2.05, 4.69) is 5.32 Å². The molecule has 0 saturated carbocycles. The van der Waals surface area contributed by atoms with Gasteiger partial charge in [0, 0.05) is 29.2 Å². The lowest BCUT2D eigenvalue weighted by Crippen LogP contribution is -2.27. The van der Waals surface area contributed by atoms with Gasteiger partial charge in [0.1, 0.15) is 18.1 Å². The van der Waals surface area contributed by atoms with E-state index in [4.69, 9.17) is 4.74 Å². The quantitative estimate of drug-likeness (QED) is 0.425. The Hall–Kier alpha value is -3.65. The molecule has 0 spiro atoms. The molecule has 1 heterocycles. The average molecular weight is 467 g/mol. The molecule has 1 amide bonds. The van der Waals surface area contributed by atoms with Gasteiger partial charge in [0.15, 0.2) is 9.84 Å². The van der Waals surface area contributed by atoms with Crippen LogP contribution in [0.3, 0.4) is 0 Å². The van der Waals surface area contributed by atoms with Gasteiger partial charge in [-0.15, -0.1) is 0 Å². The number of carbonyl (C=O) groups excluding carboxylic acids is 1. The van der Waals surface area contributed by atoms with Gasteiger partial charge >= 0.3 is 0 Å². The summed E-state index contributed by atoms with van der Waals surface area (Å²) in [4.78, 5) is 12.8. The summed E-state index contributed by atoms with van der Waals surface area (Å²) in [5.41, 5.74) is 1.83. The molecule has 0 atom stereocenters. The highest BCUT2D eigenvalue weighted by Crippen LogP contribution is 2.28. The molecule has 1 N–H and O–H groups in total. The van der Waals surface area contributed by atoms with Crippen molar-refractivity contribution in [2.45, 2.75) is 23.7 Å². The molecule has 1 aromatic heterocycles. The number of para-hydroxylation sites is 2. The Morgan fingerprint density at radius 3 is 2.58 bits per heavy atom. The maximum Gasteiger partial charge on any atom is 0.240 e. The maximum absolute atomic E-state index is 13.5. The van der Waals surface area contributed by atoms with Crippen LogP contribution in [0.15, 0.2) is 83.9 Å². The third-order valence-corrected chi connectivity index (χ3v) is 7.02. The topological polar surface area (TPSA) is 77.4 Å². The van der Waals surface area contributed by atoms with Crippen LogP contribution in [0, 0.1) is 5.82 Å². The highest BCUT2D eigenvalue weighted by Gasteiger charge is 2.22. The van der Waals surface area contributed by atoms with E-state index in [1.54, 1.807) is 42.0 Å². The van der Waals surface area contributed by atoms with E-state index in [1.165, 1.54) is 24.4 Å². The van der Waals surface area contributed by atoms with Crippen LogP contribution < -0.4 is 10.1 Å². The first-order valence-corrected chi connectivity index (χ1v) is 12.0. The summed E-state index contributed by atoms with van der Waals surface area (Å²) in [6.45, 7) is 0.234. The van der Waals surface area contributed by atoms with Crippen LogP contribution in [-0.4, -0.2) is 26.0 Å². The smallest absolute Gasteiger partial charge is 0.240 e. The molecule has 0 aliphatic rings. The molecule has 33 heavy (non-hydrogen) atoms. The van der Waals surface area contributed by atoms with Crippen molar-refractivity contribution in [3.63, 3.8) is 0 Å². The molecule has 4 rings (SSSR count). The van der Waals surface area contributed by atoms with Crippen molar-refractivity contribution in [1.82, 2.24) is 9.88 Å². The van der Waals surface area contributed by atoms with E-state index >= 15 is 0 Å². The van der Waals surface area contributed by atoms with Crippen molar-refractivity contribution in [1.29, 1.82) is 0 Å². The van der Waals surface area contributed by atoms with Crippen molar-refractivity contribution in [2.24, 2.45) is 0 Å². The lowest BCUT2D eigenvalue weighted by molar-refractivity contribution is -0.121. The van der Waals surface area contributed by atoms with Gasteiger partial charge in [-0.25, -0.2) is 12.8 Å². The second kappa shape index (κ2) is 9.46. The minimum atomic E-state index is -3.77. The van der Waals surface area contributed by atoms with E-state index in [9.17, 15) is 17.6 Å². The summed E-state index contributed by atoms with van der Waals surface area (Å²) in [5, 5.41) is 3.37. The second-order valence-corrected chi connectivity index (χ2v) is 9.57. The maximum atomic E-state index is 13.5. The van der Waals surface area contributed by atoms with Crippen LogP contribution in [-0.2, 0) is 33.5 Å². The van der Waals surface area contributed by atoms with Crippen LogP contribution in [0.5, 0.6) is 5.75 Å². The number of hydrogen-bond acceptors (Lipinski definition) is 4. The molecule has 0 aliphatic carbocycles. The van der Waals surface area contributed by atoms with Crippen molar-refractivity contribution in [3.05, 3.63) is 95.9 Å². The largest absolute Gasteiger partial charge is 0.496 e. The Morgan fingerprint density at radius 1 is 1.03 bits per heavy atom. The predicted octanol–water partition coefficient (Wildman–Crippen LogP) is 4.08. The molecule has 0 unspecified atom stereocenters. The zero-order valence-corrected chi connectivity index (χ0v) is 18.8. The van der Waals surface area contributed by atoms with Crippen LogP contribution in [0.2, 0.25) is 0 Å². The zero-order chi connectivity index (χ0) is 23.4. The SMILES string of the molecule is COc1ccccc1CNC(=O)Cn1cc(S(=O)(=O)Cc2cccc(F)c2)c2ccccc21. The number of rotatable bonds is 8. The van der Waals surface area contributed by atoms with E-state index in [-0.39, 0.29) is 29.6 Å². The molecule has 170 valence electrons. The van der Waals surface area contributed by atoms with E-state index in [0.717, 1.165) is 5.56 Å². The Kier molecular flexibility index (Phi) is 6.46. The summed E-state index contributed by atoms with van der Waals surface area (Å²) >= 11 is 0. The van der Waals surface area contributed by atoms with E-state index in [1.807, 2.05) is 24.3 Å². The van der Waals surface area contributed by atoms with Gasteiger partial charge < -0.3 is 14.6 Å². The molecule has 8 heteroatoms.